The summed E-state index contributed by atoms with van der Waals surface area (Å²) in [5.74, 6) is 0.538. The summed E-state index contributed by atoms with van der Waals surface area (Å²) in [5, 5.41) is 11.3. The Bertz CT molecular complexity index is 913. The Balaban J connectivity index is 1.70. The van der Waals surface area contributed by atoms with Gasteiger partial charge < -0.3 is 10.1 Å². The summed E-state index contributed by atoms with van der Waals surface area (Å²) in [6, 6.07) is 7.52. The third-order valence-electron chi connectivity index (χ3n) is 3.46. The Hall–Kier alpha value is -2.81. The number of ether oxygens (including phenoxy) is 1. The molecule has 6 nitrogen and oxygen atoms in total. The predicted molar refractivity (Wildman–Crippen MR) is 89.5 cm³/mol. The van der Waals surface area contributed by atoms with Crippen molar-refractivity contribution < 1.29 is 17.9 Å². The summed E-state index contributed by atoms with van der Waals surface area (Å²) in [5.41, 5.74) is 0.550. The van der Waals surface area contributed by atoms with Crippen LogP contribution in [0.25, 0.3) is 5.69 Å². The third-order valence-corrected chi connectivity index (χ3v) is 3.76. The highest BCUT2D eigenvalue weighted by Gasteiger charge is 2.32. The lowest BCUT2D eigenvalue weighted by molar-refractivity contribution is -0.141. The fourth-order valence-electron chi connectivity index (χ4n) is 2.19. The average molecular weight is 384 g/mol. The zero-order valence-corrected chi connectivity index (χ0v) is 14.2. The molecule has 0 radical (unpaired) electrons. The number of nitrogens with zero attached hydrogens (tertiary/aromatic N) is 4. The number of nitrogens with one attached hydrogen (secondary N) is 1. The fraction of sp³-hybridized carbons (Fsp3) is 0.188. The summed E-state index contributed by atoms with van der Waals surface area (Å²) < 4.78 is 44.6. The van der Waals surface area contributed by atoms with Crippen molar-refractivity contribution in [1.82, 2.24) is 20.0 Å². The minimum Gasteiger partial charge on any atom is -0.495 e. The van der Waals surface area contributed by atoms with E-state index in [-0.39, 0.29) is 12.2 Å². The van der Waals surface area contributed by atoms with Gasteiger partial charge in [-0.3, -0.25) is 4.98 Å². The van der Waals surface area contributed by atoms with Gasteiger partial charge in [0.05, 0.1) is 30.6 Å². The van der Waals surface area contributed by atoms with Crippen LogP contribution in [0.3, 0.4) is 0 Å². The van der Waals surface area contributed by atoms with E-state index in [1.807, 2.05) is 0 Å². The Labute approximate surface area is 151 Å². The molecular formula is C16H13ClF3N5O. The molecule has 0 aliphatic carbocycles. The van der Waals surface area contributed by atoms with E-state index in [1.54, 1.807) is 24.4 Å². The highest BCUT2D eigenvalue weighted by Crippen LogP contribution is 2.29. The summed E-state index contributed by atoms with van der Waals surface area (Å²) >= 11 is 6.08. The van der Waals surface area contributed by atoms with Crippen LogP contribution in [0.5, 0.6) is 5.75 Å². The standard InChI is InChI=1S/C16H13ClF3N5O/c1-26-14-3-2-12(7-13(14)17)25-9-11(23-24-25)8-22-10-4-5-21-15(6-10)16(18,19)20/h2-7,9H,8H2,1H3,(H,21,22). The maximum absolute atomic E-state index is 12.7. The number of halogens is 4. The highest BCUT2D eigenvalue weighted by molar-refractivity contribution is 6.32. The van der Waals surface area contributed by atoms with Crippen LogP contribution in [0.1, 0.15) is 11.4 Å². The van der Waals surface area contributed by atoms with Crippen LogP contribution < -0.4 is 10.1 Å². The number of hydrogen-bond donors (Lipinski definition) is 1. The molecule has 0 aliphatic rings. The molecule has 0 amide bonds. The Kier molecular flexibility index (Phi) is 4.99. The van der Waals surface area contributed by atoms with E-state index < -0.39 is 11.9 Å². The van der Waals surface area contributed by atoms with Gasteiger partial charge >= 0.3 is 6.18 Å². The number of alkyl halides is 3. The maximum Gasteiger partial charge on any atom is 0.433 e. The van der Waals surface area contributed by atoms with Crippen LogP contribution >= 0.6 is 11.6 Å². The van der Waals surface area contributed by atoms with Crippen molar-refractivity contribution in [3.8, 4) is 11.4 Å². The molecule has 0 atom stereocenters. The van der Waals surface area contributed by atoms with Crippen molar-refractivity contribution >= 4 is 17.3 Å². The molecule has 0 fully saturated rings. The minimum absolute atomic E-state index is 0.200. The first-order chi connectivity index (χ1) is 12.4. The minimum atomic E-state index is -4.49. The molecule has 0 bridgehead atoms. The van der Waals surface area contributed by atoms with E-state index in [9.17, 15) is 13.2 Å². The molecule has 136 valence electrons. The average Bonchev–Trinajstić information content (AvgIpc) is 3.08. The second kappa shape index (κ2) is 7.20. The van der Waals surface area contributed by atoms with E-state index >= 15 is 0 Å². The van der Waals surface area contributed by atoms with E-state index in [1.165, 1.54) is 17.9 Å². The Morgan fingerprint density at radius 2 is 2.04 bits per heavy atom. The molecule has 0 unspecified atom stereocenters. The zero-order chi connectivity index (χ0) is 18.7. The van der Waals surface area contributed by atoms with E-state index in [4.69, 9.17) is 16.3 Å². The van der Waals surface area contributed by atoms with Crippen molar-refractivity contribution in [3.05, 3.63) is 59.1 Å². The molecule has 2 aromatic heterocycles. The molecule has 3 rings (SSSR count). The molecule has 0 spiro atoms. The van der Waals surface area contributed by atoms with Gasteiger partial charge in [0.2, 0.25) is 0 Å². The SMILES string of the molecule is COc1ccc(-n2cc(CNc3ccnc(C(F)(F)F)c3)nn2)cc1Cl. The second-order valence-electron chi connectivity index (χ2n) is 5.25. The maximum atomic E-state index is 12.7. The van der Waals surface area contributed by atoms with E-state index in [0.29, 0.717) is 22.2 Å². The van der Waals surface area contributed by atoms with Crippen LogP contribution in [-0.4, -0.2) is 27.1 Å². The van der Waals surface area contributed by atoms with Crippen LogP contribution in [-0.2, 0) is 12.7 Å². The zero-order valence-electron chi connectivity index (χ0n) is 13.5. The van der Waals surface area contributed by atoms with Gasteiger partial charge in [-0.1, -0.05) is 16.8 Å². The molecule has 0 saturated heterocycles. The number of methoxy groups -OCH3 is 1. The summed E-state index contributed by atoms with van der Waals surface area (Å²) in [6.07, 6.45) is -1.74. The number of anilines is 1. The van der Waals surface area contributed by atoms with Gasteiger partial charge in [-0.05, 0) is 30.3 Å². The quantitative estimate of drug-likeness (QED) is 0.722. The van der Waals surface area contributed by atoms with Gasteiger partial charge in [0, 0.05) is 11.9 Å². The lowest BCUT2D eigenvalue weighted by atomic mass is 10.3. The number of aromatic nitrogens is 4. The van der Waals surface area contributed by atoms with Crippen molar-refractivity contribution in [2.24, 2.45) is 0 Å². The van der Waals surface area contributed by atoms with E-state index in [0.717, 1.165) is 12.3 Å². The topological polar surface area (TPSA) is 64.9 Å². The first kappa shape index (κ1) is 18.0. The van der Waals surface area contributed by atoms with Crippen LogP contribution in [0.4, 0.5) is 18.9 Å². The summed E-state index contributed by atoms with van der Waals surface area (Å²) in [7, 11) is 1.52. The van der Waals surface area contributed by atoms with Crippen molar-refractivity contribution in [2.45, 2.75) is 12.7 Å². The normalized spacial score (nSPS) is 11.4. The van der Waals surface area contributed by atoms with Gasteiger partial charge in [-0.15, -0.1) is 5.10 Å². The number of rotatable bonds is 5. The molecule has 10 heteroatoms. The lowest BCUT2D eigenvalue weighted by Crippen LogP contribution is -2.09. The number of benzene rings is 1. The first-order valence-corrected chi connectivity index (χ1v) is 7.77. The monoisotopic (exact) mass is 383 g/mol. The van der Waals surface area contributed by atoms with Crippen molar-refractivity contribution in [1.29, 1.82) is 0 Å². The highest BCUT2D eigenvalue weighted by atomic mass is 35.5. The van der Waals surface area contributed by atoms with Gasteiger partial charge in [0.25, 0.3) is 0 Å². The molecule has 0 aliphatic heterocycles. The predicted octanol–water partition coefficient (Wildman–Crippen LogP) is 3.96. The first-order valence-electron chi connectivity index (χ1n) is 7.39. The van der Waals surface area contributed by atoms with Crippen LogP contribution in [0, 0.1) is 0 Å². The van der Waals surface area contributed by atoms with Gasteiger partial charge in [0.15, 0.2) is 0 Å². The van der Waals surface area contributed by atoms with Gasteiger partial charge in [0.1, 0.15) is 17.1 Å². The van der Waals surface area contributed by atoms with Crippen LogP contribution in [0.2, 0.25) is 5.02 Å². The van der Waals surface area contributed by atoms with Crippen molar-refractivity contribution in [3.63, 3.8) is 0 Å². The Morgan fingerprint density at radius 1 is 1.23 bits per heavy atom. The molecule has 26 heavy (non-hydrogen) atoms. The van der Waals surface area contributed by atoms with Gasteiger partial charge in [-0.25, -0.2) is 4.68 Å². The second-order valence-corrected chi connectivity index (χ2v) is 5.66. The molecule has 2 heterocycles. The molecule has 1 N–H and O–H groups in total. The number of pyridine rings is 1. The molecule has 0 saturated carbocycles. The lowest BCUT2D eigenvalue weighted by Gasteiger charge is -2.08. The third kappa shape index (κ3) is 4.05. The molecule has 1 aromatic carbocycles. The fourth-order valence-corrected chi connectivity index (χ4v) is 2.44. The molecular weight excluding hydrogens is 371 g/mol. The van der Waals surface area contributed by atoms with E-state index in [2.05, 4.69) is 20.6 Å². The van der Waals surface area contributed by atoms with Crippen molar-refractivity contribution in [2.75, 3.05) is 12.4 Å². The molecule has 3 aromatic rings. The number of hydrogen-bond acceptors (Lipinski definition) is 5. The van der Waals surface area contributed by atoms with Crippen LogP contribution in [0.15, 0.2) is 42.7 Å². The summed E-state index contributed by atoms with van der Waals surface area (Å²) in [4.78, 5) is 3.31. The smallest absolute Gasteiger partial charge is 0.433 e. The largest absolute Gasteiger partial charge is 0.495 e. The van der Waals surface area contributed by atoms with Gasteiger partial charge in [-0.2, -0.15) is 13.2 Å². The Morgan fingerprint density at radius 3 is 2.73 bits per heavy atom. The summed E-state index contributed by atoms with van der Waals surface area (Å²) in [6.45, 7) is 0.200.